The number of benzene rings is 1. The van der Waals surface area contributed by atoms with Crippen molar-refractivity contribution in [2.75, 3.05) is 13.1 Å². The highest BCUT2D eigenvalue weighted by Gasteiger charge is 2.14. The van der Waals surface area contributed by atoms with E-state index in [1.54, 1.807) is 9.36 Å². The van der Waals surface area contributed by atoms with E-state index in [9.17, 15) is 0 Å². The molecule has 0 aliphatic carbocycles. The van der Waals surface area contributed by atoms with E-state index in [2.05, 4.69) is 47.4 Å². The maximum atomic E-state index is 5.50. The van der Waals surface area contributed by atoms with Crippen LogP contribution in [0.2, 0.25) is 0 Å². The number of aryl methyl sites for hydroxylation is 2. The normalized spacial score (nSPS) is 15.9. The van der Waals surface area contributed by atoms with Crippen LogP contribution in [0.15, 0.2) is 18.2 Å². The number of likely N-dealkylation sites (tertiary alicyclic amines) is 1. The second-order valence-electron chi connectivity index (χ2n) is 5.49. The number of nitrogens with zero attached hydrogens (tertiary/aromatic N) is 5. The smallest absolute Gasteiger partial charge is 0.221 e. The van der Waals surface area contributed by atoms with Gasteiger partial charge in [0.05, 0.1) is 12.4 Å². The molecule has 1 aromatic carbocycles. The number of aromatic nitrogens is 4. The lowest BCUT2D eigenvalue weighted by Crippen LogP contribution is -2.23. The monoisotopic (exact) mass is 289 g/mol. The minimum absolute atomic E-state index is 0.655. The molecule has 6 heteroatoms. The molecule has 0 atom stereocenters. The van der Waals surface area contributed by atoms with Gasteiger partial charge in [0.15, 0.2) is 0 Å². The van der Waals surface area contributed by atoms with Gasteiger partial charge in [0.25, 0.3) is 0 Å². The molecule has 1 fully saturated rings. The van der Waals surface area contributed by atoms with E-state index in [-0.39, 0.29) is 0 Å². The predicted molar refractivity (Wildman–Crippen MR) is 80.5 cm³/mol. The topological polar surface area (TPSA) is 38.9 Å². The van der Waals surface area contributed by atoms with Gasteiger partial charge in [0, 0.05) is 0 Å². The van der Waals surface area contributed by atoms with Crippen molar-refractivity contribution in [3.63, 3.8) is 0 Å². The van der Waals surface area contributed by atoms with Gasteiger partial charge in [-0.1, -0.05) is 6.07 Å². The third-order valence-corrected chi connectivity index (χ3v) is 4.01. The first-order chi connectivity index (χ1) is 9.63. The van der Waals surface area contributed by atoms with E-state index >= 15 is 0 Å². The number of hydrogen-bond acceptors (Lipinski definition) is 4. The van der Waals surface area contributed by atoms with Crippen LogP contribution in [0.25, 0.3) is 5.69 Å². The Labute approximate surface area is 123 Å². The second-order valence-corrected chi connectivity index (χ2v) is 5.85. The van der Waals surface area contributed by atoms with Crippen molar-refractivity contribution in [3.05, 3.63) is 34.1 Å². The Morgan fingerprint density at radius 1 is 1.05 bits per heavy atom. The van der Waals surface area contributed by atoms with Gasteiger partial charge in [-0.2, -0.15) is 4.68 Å². The summed E-state index contributed by atoms with van der Waals surface area (Å²) in [6.07, 6.45) is 2.52. The van der Waals surface area contributed by atoms with Gasteiger partial charge in [-0.05, 0) is 85.7 Å². The summed E-state index contributed by atoms with van der Waals surface area (Å²) in [7, 11) is 0. The molecule has 0 spiro atoms. The van der Waals surface area contributed by atoms with Crippen molar-refractivity contribution in [1.29, 1.82) is 0 Å². The molecule has 106 valence electrons. The summed E-state index contributed by atoms with van der Waals surface area (Å²) >= 11 is 5.50. The van der Waals surface area contributed by atoms with Crippen LogP contribution in [-0.4, -0.2) is 37.8 Å². The Balaban J connectivity index is 1.91. The van der Waals surface area contributed by atoms with E-state index in [4.69, 9.17) is 12.2 Å². The SMILES string of the molecule is Cc1cc(C)cc(-n2nnn(CN3CCCC3)c2=S)c1. The molecule has 0 N–H and O–H groups in total. The Morgan fingerprint density at radius 2 is 1.70 bits per heavy atom. The fraction of sp³-hybridized carbons (Fsp3) is 0.500. The van der Waals surface area contributed by atoms with Crippen LogP contribution in [0.5, 0.6) is 0 Å². The first kappa shape index (κ1) is 13.5. The number of rotatable bonds is 3. The van der Waals surface area contributed by atoms with Crippen LogP contribution in [0.1, 0.15) is 24.0 Å². The van der Waals surface area contributed by atoms with Crippen molar-refractivity contribution in [2.24, 2.45) is 0 Å². The summed E-state index contributed by atoms with van der Waals surface area (Å²) in [6, 6.07) is 6.30. The molecule has 1 aliphatic rings. The molecule has 2 heterocycles. The van der Waals surface area contributed by atoms with Gasteiger partial charge < -0.3 is 0 Å². The highest BCUT2D eigenvalue weighted by molar-refractivity contribution is 7.71. The van der Waals surface area contributed by atoms with E-state index in [0.29, 0.717) is 4.77 Å². The zero-order chi connectivity index (χ0) is 14.1. The molecular weight excluding hydrogens is 270 g/mol. The van der Waals surface area contributed by atoms with Gasteiger partial charge in [-0.25, -0.2) is 4.68 Å². The molecule has 0 bridgehead atoms. The fourth-order valence-electron chi connectivity index (χ4n) is 2.71. The Morgan fingerprint density at radius 3 is 2.35 bits per heavy atom. The van der Waals surface area contributed by atoms with E-state index < -0.39 is 0 Å². The molecule has 3 rings (SSSR count). The molecule has 20 heavy (non-hydrogen) atoms. The average Bonchev–Trinajstić information content (AvgIpc) is 3.00. The minimum Gasteiger partial charge on any atom is -0.284 e. The maximum Gasteiger partial charge on any atom is 0.221 e. The largest absolute Gasteiger partial charge is 0.284 e. The van der Waals surface area contributed by atoms with E-state index in [0.717, 1.165) is 25.4 Å². The maximum absolute atomic E-state index is 5.50. The van der Waals surface area contributed by atoms with Crippen LogP contribution >= 0.6 is 12.2 Å². The van der Waals surface area contributed by atoms with Gasteiger partial charge in [-0.3, -0.25) is 4.90 Å². The van der Waals surface area contributed by atoms with Crippen LogP contribution < -0.4 is 0 Å². The summed E-state index contributed by atoms with van der Waals surface area (Å²) in [5.41, 5.74) is 3.40. The van der Waals surface area contributed by atoms with Crippen LogP contribution in [0.3, 0.4) is 0 Å². The summed E-state index contributed by atoms with van der Waals surface area (Å²) < 4.78 is 4.20. The molecule has 1 saturated heterocycles. The van der Waals surface area contributed by atoms with Crippen molar-refractivity contribution in [3.8, 4) is 5.69 Å². The van der Waals surface area contributed by atoms with Crippen LogP contribution in [0.4, 0.5) is 0 Å². The van der Waals surface area contributed by atoms with Crippen molar-refractivity contribution in [2.45, 2.75) is 33.4 Å². The molecule has 1 aromatic heterocycles. The molecule has 1 aliphatic heterocycles. The Hall–Kier alpha value is -1.53. The standard InChI is InChI=1S/C14H19N5S/c1-11-7-12(2)9-13(8-11)19-14(20)18(15-16-19)10-17-5-3-4-6-17/h7-9H,3-6,10H2,1-2H3. The van der Waals surface area contributed by atoms with Crippen LogP contribution in [-0.2, 0) is 6.67 Å². The minimum atomic E-state index is 0.655. The predicted octanol–water partition coefficient (Wildman–Crippen LogP) is 2.47. The zero-order valence-corrected chi connectivity index (χ0v) is 12.7. The third-order valence-electron chi connectivity index (χ3n) is 3.62. The van der Waals surface area contributed by atoms with Gasteiger partial charge >= 0.3 is 0 Å². The van der Waals surface area contributed by atoms with Gasteiger partial charge in [0.1, 0.15) is 0 Å². The van der Waals surface area contributed by atoms with Crippen molar-refractivity contribution < 1.29 is 0 Å². The molecule has 0 amide bonds. The second kappa shape index (κ2) is 5.46. The number of hydrogen-bond donors (Lipinski definition) is 0. The van der Waals surface area contributed by atoms with Crippen molar-refractivity contribution in [1.82, 2.24) is 24.7 Å². The molecule has 5 nitrogen and oxygen atoms in total. The van der Waals surface area contributed by atoms with Crippen molar-refractivity contribution >= 4 is 12.2 Å². The number of tetrazole rings is 1. The first-order valence-corrected chi connectivity index (χ1v) is 7.38. The highest BCUT2D eigenvalue weighted by atomic mass is 32.1. The molecule has 0 saturated carbocycles. The lowest BCUT2D eigenvalue weighted by Gasteiger charge is -2.13. The summed E-state index contributed by atoms with van der Waals surface area (Å²) in [4.78, 5) is 2.36. The summed E-state index contributed by atoms with van der Waals surface area (Å²) in [6.45, 7) is 7.14. The van der Waals surface area contributed by atoms with Crippen LogP contribution in [0, 0.1) is 18.6 Å². The molecule has 0 unspecified atom stereocenters. The molecule has 0 radical (unpaired) electrons. The highest BCUT2D eigenvalue weighted by Crippen LogP contribution is 2.14. The summed E-state index contributed by atoms with van der Waals surface area (Å²) in [5, 5.41) is 8.41. The quantitative estimate of drug-likeness (QED) is 0.814. The fourth-order valence-corrected chi connectivity index (χ4v) is 2.95. The third kappa shape index (κ3) is 2.66. The summed E-state index contributed by atoms with van der Waals surface area (Å²) in [5.74, 6) is 0. The van der Waals surface area contributed by atoms with Gasteiger partial charge in [0.2, 0.25) is 4.77 Å². The Kier molecular flexibility index (Phi) is 3.67. The molecular formula is C14H19N5S. The average molecular weight is 289 g/mol. The van der Waals surface area contributed by atoms with E-state index in [1.807, 2.05) is 0 Å². The van der Waals surface area contributed by atoms with Gasteiger partial charge in [-0.15, -0.1) is 0 Å². The lowest BCUT2D eigenvalue weighted by molar-refractivity contribution is 0.251. The lowest BCUT2D eigenvalue weighted by atomic mass is 10.1. The Bertz CT molecular complexity index is 646. The van der Waals surface area contributed by atoms with E-state index in [1.165, 1.54) is 24.0 Å². The first-order valence-electron chi connectivity index (χ1n) is 6.97. The molecule has 2 aromatic rings. The zero-order valence-electron chi connectivity index (χ0n) is 11.9.